The lowest BCUT2D eigenvalue weighted by Crippen LogP contribution is -2.14. The molecule has 82 valence electrons. The number of halogens is 1. The van der Waals surface area contributed by atoms with Gasteiger partial charge in [-0.15, -0.1) is 0 Å². The van der Waals surface area contributed by atoms with Gasteiger partial charge in [0, 0.05) is 12.8 Å². The first kappa shape index (κ1) is 12.1. The molecular weight excluding hydrogens is 260 g/mol. The summed E-state index contributed by atoms with van der Waals surface area (Å²) in [5, 5.41) is 2.74. The van der Waals surface area contributed by atoms with E-state index < -0.39 is 0 Å². The van der Waals surface area contributed by atoms with Gasteiger partial charge in [-0.2, -0.15) is 0 Å². The third-order valence-electron chi connectivity index (χ3n) is 1.71. The Balaban J connectivity index is 2.41. The second-order valence-corrected chi connectivity index (χ2v) is 3.59. The van der Waals surface area contributed by atoms with Gasteiger partial charge < -0.3 is 10.1 Å². The predicted octanol–water partition coefficient (Wildman–Crippen LogP) is 2.21. The number of hydrogen-bond acceptors (Lipinski definition) is 3. The quantitative estimate of drug-likeness (QED) is 0.661. The van der Waals surface area contributed by atoms with Gasteiger partial charge in [0.15, 0.2) is 0 Å². The first-order chi connectivity index (χ1) is 7.24. The van der Waals surface area contributed by atoms with E-state index in [1.54, 1.807) is 18.3 Å². The molecule has 4 nitrogen and oxygen atoms in total. The van der Waals surface area contributed by atoms with Crippen LogP contribution in [0.2, 0.25) is 0 Å². The number of nitrogens with zero attached hydrogens (tertiary/aromatic N) is 1. The molecule has 1 heterocycles. The zero-order valence-electron chi connectivity index (χ0n) is 8.50. The van der Waals surface area contributed by atoms with Crippen LogP contribution in [0.4, 0.5) is 5.69 Å². The summed E-state index contributed by atoms with van der Waals surface area (Å²) in [4.78, 5) is 15.4. The van der Waals surface area contributed by atoms with Gasteiger partial charge in [-0.3, -0.25) is 4.79 Å². The fraction of sp³-hybridized carbons (Fsp3) is 0.400. The van der Waals surface area contributed by atoms with Gasteiger partial charge in [-0.05, 0) is 35.0 Å². The van der Waals surface area contributed by atoms with Gasteiger partial charge in [-0.1, -0.05) is 0 Å². The maximum absolute atomic E-state index is 11.4. The molecule has 1 aromatic heterocycles. The van der Waals surface area contributed by atoms with Crippen LogP contribution >= 0.6 is 15.9 Å². The van der Waals surface area contributed by atoms with E-state index in [9.17, 15) is 4.79 Å². The average Bonchev–Trinajstić information content (AvgIpc) is 2.22. The fourth-order valence-corrected chi connectivity index (χ4v) is 1.35. The van der Waals surface area contributed by atoms with Gasteiger partial charge in [0.1, 0.15) is 4.60 Å². The van der Waals surface area contributed by atoms with Gasteiger partial charge in [-0.25, -0.2) is 4.98 Å². The van der Waals surface area contributed by atoms with Crippen LogP contribution in [0, 0.1) is 0 Å². The minimum Gasteiger partial charge on any atom is -0.381 e. The molecule has 1 rings (SSSR count). The molecule has 0 aliphatic carbocycles. The molecular formula is C10H13BrN2O2. The summed E-state index contributed by atoms with van der Waals surface area (Å²) in [5.74, 6) is -0.0721. The van der Waals surface area contributed by atoms with E-state index in [-0.39, 0.29) is 5.91 Å². The van der Waals surface area contributed by atoms with Crippen molar-refractivity contribution in [3.8, 4) is 0 Å². The molecule has 0 fully saturated rings. The minimum atomic E-state index is -0.0721. The number of nitrogens with one attached hydrogen (secondary N) is 1. The van der Waals surface area contributed by atoms with Crippen LogP contribution in [0.3, 0.4) is 0 Å². The van der Waals surface area contributed by atoms with Crippen molar-refractivity contribution in [2.75, 3.05) is 18.5 Å². The maximum Gasteiger partial charge on any atom is 0.226 e. The number of aromatic nitrogens is 1. The third kappa shape index (κ3) is 4.40. The summed E-state index contributed by atoms with van der Waals surface area (Å²) in [7, 11) is 0. The molecule has 0 aliphatic heterocycles. The number of hydrogen-bond donors (Lipinski definition) is 1. The van der Waals surface area contributed by atoms with Crippen molar-refractivity contribution in [1.29, 1.82) is 0 Å². The highest BCUT2D eigenvalue weighted by Crippen LogP contribution is 2.18. The Labute approximate surface area is 97.2 Å². The number of carbonyl (C=O) groups excluding carboxylic acids is 1. The number of anilines is 1. The van der Waals surface area contributed by atoms with Crippen molar-refractivity contribution in [3.63, 3.8) is 0 Å². The van der Waals surface area contributed by atoms with Gasteiger partial charge >= 0.3 is 0 Å². The highest BCUT2D eigenvalue weighted by atomic mass is 79.9. The number of rotatable bonds is 5. The minimum absolute atomic E-state index is 0.0721. The monoisotopic (exact) mass is 272 g/mol. The molecule has 0 aromatic carbocycles. The molecule has 15 heavy (non-hydrogen) atoms. The second-order valence-electron chi connectivity index (χ2n) is 2.84. The van der Waals surface area contributed by atoms with Crippen LogP contribution in [0.5, 0.6) is 0 Å². The van der Waals surface area contributed by atoms with Crippen LogP contribution in [-0.4, -0.2) is 24.1 Å². The summed E-state index contributed by atoms with van der Waals surface area (Å²) in [5.41, 5.74) is 0.680. The molecule has 1 aromatic rings. The van der Waals surface area contributed by atoms with Crippen molar-refractivity contribution in [2.45, 2.75) is 13.3 Å². The van der Waals surface area contributed by atoms with Crippen LogP contribution in [0.1, 0.15) is 13.3 Å². The molecule has 0 aliphatic rings. The highest BCUT2D eigenvalue weighted by molar-refractivity contribution is 9.10. The molecule has 0 bridgehead atoms. The summed E-state index contributed by atoms with van der Waals surface area (Å²) < 4.78 is 5.72. The standard InChI is InChI=1S/C10H13BrN2O2/c1-2-15-7-5-9(14)13-8-4-3-6-12-10(8)11/h3-4,6H,2,5,7H2,1H3,(H,13,14). The lowest BCUT2D eigenvalue weighted by Gasteiger charge is -2.06. The van der Waals surface area contributed by atoms with Gasteiger partial charge in [0.2, 0.25) is 5.91 Å². The van der Waals surface area contributed by atoms with Crippen molar-refractivity contribution in [2.24, 2.45) is 0 Å². The van der Waals surface area contributed by atoms with E-state index in [0.29, 0.717) is 29.9 Å². The molecule has 1 N–H and O–H groups in total. The smallest absolute Gasteiger partial charge is 0.226 e. The van der Waals surface area contributed by atoms with E-state index in [0.717, 1.165) is 0 Å². The molecule has 0 unspecified atom stereocenters. The summed E-state index contributed by atoms with van der Waals surface area (Å²) in [6.07, 6.45) is 2.01. The first-order valence-corrected chi connectivity index (χ1v) is 5.51. The largest absolute Gasteiger partial charge is 0.381 e. The molecule has 0 spiro atoms. The number of carbonyl (C=O) groups is 1. The Morgan fingerprint density at radius 1 is 1.67 bits per heavy atom. The molecule has 5 heteroatoms. The molecule has 0 saturated carbocycles. The van der Waals surface area contributed by atoms with Gasteiger partial charge in [0.05, 0.1) is 18.7 Å². The van der Waals surface area contributed by atoms with Crippen LogP contribution in [0.25, 0.3) is 0 Å². The van der Waals surface area contributed by atoms with Crippen LogP contribution < -0.4 is 5.32 Å². The molecule has 0 radical (unpaired) electrons. The zero-order valence-corrected chi connectivity index (χ0v) is 10.1. The molecule has 1 amide bonds. The van der Waals surface area contributed by atoms with Crippen LogP contribution in [0.15, 0.2) is 22.9 Å². The Kier molecular flexibility index (Phi) is 5.28. The van der Waals surface area contributed by atoms with Crippen molar-refractivity contribution in [1.82, 2.24) is 4.98 Å². The van der Waals surface area contributed by atoms with Crippen molar-refractivity contribution >= 4 is 27.5 Å². The zero-order chi connectivity index (χ0) is 11.1. The highest BCUT2D eigenvalue weighted by Gasteiger charge is 2.04. The number of ether oxygens (including phenoxy) is 1. The van der Waals surface area contributed by atoms with Crippen LogP contribution in [-0.2, 0) is 9.53 Å². The topological polar surface area (TPSA) is 51.2 Å². The molecule has 0 saturated heterocycles. The lowest BCUT2D eigenvalue weighted by atomic mass is 10.3. The normalized spacial score (nSPS) is 10.0. The SMILES string of the molecule is CCOCCC(=O)Nc1cccnc1Br. The fourth-order valence-electron chi connectivity index (χ4n) is 1.00. The number of amides is 1. The summed E-state index contributed by atoms with van der Waals surface area (Å²) in [6, 6.07) is 3.55. The van der Waals surface area contributed by atoms with E-state index in [4.69, 9.17) is 4.74 Å². The van der Waals surface area contributed by atoms with E-state index in [1.165, 1.54) is 0 Å². The van der Waals surface area contributed by atoms with E-state index >= 15 is 0 Å². The Morgan fingerprint density at radius 3 is 3.13 bits per heavy atom. The molecule has 0 atom stereocenters. The summed E-state index contributed by atoms with van der Waals surface area (Å²) in [6.45, 7) is 2.97. The third-order valence-corrected chi connectivity index (χ3v) is 2.34. The van der Waals surface area contributed by atoms with Crippen molar-refractivity contribution in [3.05, 3.63) is 22.9 Å². The first-order valence-electron chi connectivity index (χ1n) is 4.72. The van der Waals surface area contributed by atoms with Crippen molar-refractivity contribution < 1.29 is 9.53 Å². The average molecular weight is 273 g/mol. The number of pyridine rings is 1. The lowest BCUT2D eigenvalue weighted by molar-refractivity contribution is -0.117. The van der Waals surface area contributed by atoms with E-state index in [1.807, 2.05) is 6.92 Å². The Bertz CT molecular complexity index is 331. The van der Waals surface area contributed by atoms with Gasteiger partial charge in [0.25, 0.3) is 0 Å². The predicted molar refractivity (Wildman–Crippen MR) is 61.7 cm³/mol. The maximum atomic E-state index is 11.4. The second kappa shape index (κ2) is 6.53. The Morgan fingerprint density at radius 2 is 2.47 bits per heavy atom. The Hall–Kier alpha value is -0.940. The summed E-state index contributed by atoms with van der Waals surface area (Å²) >= 11 is 3.25. The van der Waals surface area contributed by atoms with E-state index in [2.05, 4.69) is 26.2 Å².